The Morgan fingerprint density at radius 1 is 1.21 bits per heavy atom. The molecule has 78 valence electrons. The molecule has 1 heterocycles. The third-order valence-electron chi connectivity index (χ3n) is 3.37. The molecule has 3 heteroatoms. The van der Waals surface area contributed by atoms with E-state index < -0.39 is 8.07 Å². The van der Waals surface area contributed by atoms with Gasteiger partial charge < -0.3 is 0 Å². The summed E-state index contributed by atoms with van der Waals surface area (Å²) in [7, 11) is -1.33. The molecule has 0 amide bonds. The highest BCUT2D eigenvalue weighted by molar-refractivity contribution is 6.93. The van der Waals surface area contributed by atoms with Gasteiger partial charge in [-0.2, -0.15) is 0 Å². The third-order valence-corrected chi connectivity index (χ3v) is 9.46. The van der Waals surface area contributed by atoms with E-state index in [1.54, 1.807) is 6.20 Å². The molecular formula is C11H18ClNSi. The minimum atomic E-state index is -1.33. The van der Waals surface area contributed by atoms with Gasteiger partial charge in [0.05, 0.1) is 8.07 Å². The molecule has 0 aliphatic carbocycles. The smallest absolute Gasteiger partial charge is 0.0899 e. The van der Waals surface area contributed by atoms with Crippen LogP contribution in [0.15, 0.2) is 18.5 Å². The second kappa shape index (κ2) is 4.94. The van der Waals surface area contributed by atoms with Crippen molar-refractivity contribution in [3.63, 3.8) is 0 Å². The molecule has 0 N–H and O–H groups in total. The predicted molar refractivity (Wildman–Crippen MR) is 66.1 cm³/mol. The normalized spacial score (nSPS) is 11.7. The Morgan fingerprint density at radius 2 is 1.79 bits per heavy atom. The van der Waals surface area contributed by atoms with Crippen LogP contribution in [0.5, 0.6) is 0 Å². The molecule has 0 bridgehead atoms. The third kappa shape index (κ3) is 2.01. The summed E-state index contributed by atoms with van der Waals surface area (Å²) in [5.74, 6) is 0. The van der Waals surface area contributed by atoms with E-state index in [1.165, 1.54) is 23.3 Å². The van der Waals surface area contributed by atoms with Gasteiger partial charge in [-0.1, -0.05) is 50.5 Å². The Balaban J connectivity index is 3.17. The Bertz CT molecular complexity index is 289. The van der Waals surface area contributed by atoms with Crippen LogP contribution in [0.1, 0.15) is 20.8 Å². The average molecular weight is 228 g/mol. The van der Waals surface area contributed by atoms with Gasteiger partial charge >= 0.3 is 0 Å². The van der Waals surface area contributed by atoms with Gasteiger partial charge in [0.15, 0.2) is 0 Å². The number of hydrogen-bond donors (Lipinski definition) is 0. The van der Waals surface area contributed by atoms with Crippen LogP contribution in [0.3, 0.4) is 0 Å². The lowest BCUT2D eigenvalue weighted by Gasteiger charge is -2.28. The molecule has 0 radical (unpaired) electrons. The van der Waals surface area contributed by atoms with Crippen LogP contribution in [0.2, 0.25) is 23.2 Å². The summed E-state index contributed by atoms with van der Waals surface area (Å²) < 4.78 is 0. The first-order valence-electron chi connectivity index (χ1n) is 5.30. The Labute approximate surface area is 92.5 Å². The van der Waals surface area contributed by atoms with Crippen molar-refractivity contribution < 1.29 is 0 Å². The van der Waals surface area contributed by atoms with Crippen LogP contribution in [0, 0.1) is 0 Å². The summed E-state index contributed by atoms with van der Waals surface area (Å²) in [6.45, 7) is 6.84. The van der Waals surface area contributed by atoms with Gasteiger partial charge in [0.1, 0.15) is 0 Å². The van der Waals surface area contributed by atoms with Crippen molar-refractivity contribution in [3.8, 4) is 0 Å². The molecule has 0 saturated carbocycles. The largest absolute Gasteiger partial charge is 0.265 e. The van der Waals surface area contributed by atoms with E-state index in [-0.39, 0.29) is 0 Å². The average Bonchev–Trinajstić information content (AvgIpc) is 2.24. The topological polar surface area (TPSA) is 12.9 Å². The lowest BCUT2D eigenvalue weighted by molar-refractivity contribution is 1.19. The Hall–Kier alpha value is -0.343. The van der Waals surface area contributed by atoms with E-state index in [0.717, 1.165) is 5.02 Å². The number of hydrogen-bond acceptors (Lipinski definition) is 1. The molecule has 0 spiro atoms. The number of halogens is 1. The molecule has 1 rings (SSSR count). The molecule has 0 fully saturated rings. The Morgan fingerprint density at radius 3 is 2.21 bits per heavy atom. The van der Waals surface area contributed by atoms with E-state index in [9.17, 15) is 0 Å². The van der Waals surface area contributed by atoms with Gasteiger partial charge in [-0.25, -0.2) is 0 Å². The predicted octanol–water partition coefficient (Wildman–Crippen LogP) is 3.45. The van der Waals surface area contributed by atoms with E-state index in [2.05, 4.69) is 25.8 Å². The molecule has 1 aromatic heterocycles. The summed E-state index contributed by atoms with van der Waals surface area (Å²) in [4.78, 5) is 4.21. The molecule has 0 unspecified atom stereocenters. The van der Waals surface area contributed by atoms with Crippen molar-refractivity contribution in [1.82, 2.24) is 4.98 Å². The maximum Gasteiger partial charge on any atom is 0.0899 e. The van der Waals surface area contributed by atoms with Gasteiger partial charge in [0.2, 0.25) is 0 Å². The summed E-state index contributed by atoms with van der Waals surface area (Å²) in [6.07, 6.45) is 3.75. The molecule has 0 atom stereocenters. The minimum Gasteiger partial charge on any atom is -0.265 e. The van der Waals surface area contributed by atoms with Gasteiger partial charge in [0.25, 0.3) is 0 Å². The quantitative estimate of drug-likeness (QED) is 0.719. The van der Waals surface area contributed by atoms with E-state index in [1.807, 2.05) is 12.3 Å². The molecule has 0 aliphatic heterocycles. The first-order valence-corrected chi connectivity index (χ1v) is 8.30. The number of pyridine rings is 1. The van der Waals surface area contributed by atoms with Crippen molar-refractivity contribution in [2.24, 2.45) is 0 Å². The zero-order valence-electron chi connectivity index (χ0n) is 9.18. The van der Waals surface area contributed by atoms with Crippen molar-refractivity contribution in [2.75, 3.05) is 0 Å². The summed E-state index contributed by atoms with van der Waals surface area (Å²) in [5, 5.41) is 2.26. The van der Waals surface area contributed by atoms with Crippen LogP contribution in [0.4, 0.5) is 0 Å². The maximum absolute atomic E-state index is 6.24. The van der Waals surface area contributed by atoms with Gasteiger partial charge in [-0.15, -0.1) is 0 Å². The maximum atomic E-state index is 6.24. The second-order valence-corrected chi connectivity index (χ2v) is 9.32. The van der Waals surface area contributed by atoms with Crippen LogP contribution >= 0.6 is 11.6 Å². The molecule has 14 heavy (non-hydrogen) atoms. The fourth-order valence-corrected chi connectivity index (χ4v) is 6.38. The van der Waals surface area contributed by atoms with Crippen molar-refractivity contribution in [2.45, 2.75) is 38.9 Å². The number of aromatic nitrogens is 1. The number of rotatable bonds is 4. The zero-order valence-corrected chi connectivity index (χ0v) is 10.9. The molecule has 1 nitrogen and oxygen atoms in total. The highest BCUT2D eigenvalue weighted by Gasteiger charge is 2.31. The Kier molecular flexibility index (Phi) is 4.14. The molecule has 0 aliphatic rings. The van der Waals surface area contributed by atoms with Crippen LogP contribution in [-0.2, 0) is 0 Å². The van der Waals surface area contributed by atoms with Crippen LogP contribution in [0.25, 0.3) is 0 Å². The van der Waals surface area contributed by atoms with Crippen molar-refractivity contribution in [1.29, 1.82) is 0 Å². The minimum absolute atomic E-state index is 0.914. The SMILES string of the molecule is CC[Si](CC)(CC)c1cnccc1Cl. The molecule has 1 aromatic rings. The zero-order chi connectivity index (χ0) is 10.6. The standard InChI is InChI=1S/C11H18ClNSi/c1-4-14(5-2,6-3)11-9-13-8-7-10(11)12/h7-9H,4-6H2,1-3H3. The van der Waals surface area contributed by atoms with Crippen molar-refractivity contribution in [3.05, 3.63) is 23.5 Å². The van der Waals surface area contributed by atoms with Gasteiger partial charge in [-0.3, -0.25) is 4.98 Å². The highest BCUT2D eigenvalue weighted by atomic mass is 35.5. The highest BCUT2D eigenvalue weighted by Crippen LogP contribution is 2.22. The van der Waals surface area contributed by atoms with Crippen molar-refractivity contribution >= 4 is 24.9 Å². The first-order chi connectivity index (χ1) is 6.70. The summed E-state index contributed by atoms with van der Waals surface area (Å²) in [6, 6.07) is 5.68. The molecule has 0 saturated heterocycles. The fourth-order valence-electron chi connectivity index (χ4n) is 2.09. The lowest BCUT2D eigenvalue weighted by atomic mass is 10.5. The van der Waals surface area contributed by atoms with E-state index in [0.29, 0.717) is 0 Å². The molecular weight excluding hydrogens is 210 g/mol. The van der Waals surface area contributed by atoms with E-state index >= 15 is 0 Å². The van der Waals surface area contributed by atoms with E-state index in [4.69, 9.17) is 11.6 Å². The molecule has 0 aromatic carbocycles. The van der Waals surface area contributed by atoms with Gasteiger partial charge in [-0.05, 0) is 11.3 Å². The first kappa shape index (κ1) is 11.7. The second-order valence-electron chi connectivity index (χ2n) is 3.70. The van der Waals surface area contributed by atoms with Gasteiger partial charge in [0, 0.05) is 17.4 Å². The number of nitrogens with zero attached hydrogens (tertiary/aromatic N) is 1. The summed E-state index contributed by atoms with van der Waals surface area (Å²) in [5.41, 5.74) is 0. The fraction of sp³-hybridized carbons (Fsp3) is 0.545. The van der Waals surface area contributed by atoms with Crippen LogP contribution in [-0.4, -0.2) is 13.1 Å². The van der Waals surface area contributed by atoms with Crippen LogP contribution < -0.4 is 5.19 Å². The summed E-state index contributed by atoms with van der Waals surface area (Å²) >= 11 is 6.24. The monoisotopic (exact) mass is 227 g/mol. The lowest BCUT2D eigenvalue weighted by Crippen LogP contribution is -2.46.